The summed E-state index contributed by atoms with van der Waals surface area (Å²) in [6.07, 6.45) is 1.09. The second-order valence-corrected chi connectivity index (χ2v) is 8.76. The van der Waals surface area contributed by atoms with E-state index in [1.807, 2.05) is 32.9 Å². The maximum atomic E-state index is 13.0. The molecule has 2 aromatic carbocycles. The molecule has 0 fully saturated rings. The Balaban J connectivity index is 2.25. The number of amides is 1. The third-order valence-electron chi connectivity index (χ3n) is 4.32. The smallest absolute Gasteiger partial charge is 0.241 e. The summed E-state index contributed by atoms with van der Waals surface area (Å²) in [5, 5.41) is 2.77. The Morgan fingerprint density at radius 2 is 1.63 bits per heavy atom. The highest BCUT2D eigenvalue weighted by molar-refractivity contribution is 7.92. The van der Waals surface area contributed by atoms with E-state index in [4.69, 9.17) is 0 Å². The normalized spacial score (nSPS) is 12.5. The van der Waals surface area contributed by atoms with E-state index < -0.39 is 15.9 Å². The molecule has 0 heterocycles. The van der Waals surface area contributed by atoms with Gasteiger partial charge in [-0.1, -0.05) is 29.8 Å². The molecular weight excluding hydrogens is 367 g/mol. The number of benzene rings is 2. The quantitative estimate of drug-likeness (QED) is 0.819. The van der Waals surface area contributed by atoms with Crippen molar-refractivity contribution in [2.24, 2.45) is 0 Å². The van der Waals surface area contributed by atoms with Gasteiger partial charge in [-0.05, 0) is 56.5 Å². The number of rotatable bonds is 6. The van der Waals surface area contributed by atoms with Gasteiger partial charge in [0.1, 0.15) is 12.4 Å². The van der Waals surface area contributed by atoms with Crippen LogP contribution in [-0.4, -0.2) is 27.1 Å². The van der Waals surface area contributed by atoms with Crippen molar-refractivity contribution in [1.29, 1.82) is 0 Å². The lowest BCUT2D eigenvalue weighted by molar-refractivity contribution is -0.120. The van der Waals surface area contributed by atoms with E-state index in [1.165, 1.54) is 12.1 Å². The summed E-state index contributed by atoms with van der Waals surface area (Å²) >= 11 is 0. The highest BCUT2D eigenvalue weighted by atomic mass is 32.2. The Bertz CT molecular complexity index is 917. The summed E-state index contributed by atoms with van der Waals surface area (Å²) in [5.41, 5.74) is 3.86. The van der Waals surface area contributed by atoms with Crippen LogP contribution in [0.15, 0.2) is 36.4 Å². The molecule has 0 aliphatic heterocycles. The fraction of sp³-hybridized carbons (Fsp3) is 0.350. The second kappa shape index (κ2) is 8.08. The van der Waals surface area contributed by atoms with Crippen LogP contribution in [0.5, 0.6) is 0 Å². The van der Waals surface area contributed by atoms with Crippen LogP contribution < -0.4 is 9.62 Å². The van der Waals surface area contributed by atoms with Crippen LogP contribution in [0.4, 0.5) is 10.1 Å². The minimum Gasteiger partial charge on any atom is -0.348 e. The monoisotopic (exact) mass is 392 g/mol. The van der Waals surface area contributed by atoms with Gasteiger partial charge in [0.25, 0.3) is 0 Å². The highest BCUT2D eigenvalue weighted by Gasteiger charge is 2.24. The van der Waals surface area contributed by atoms with Gasteiger partial charge >= 0.3 is 0 Å². The van der Waals surface area contributed by atoms with Gasteiger partial charge < -0.3 is 5.32 Å². The standard InChI is InChI=1S/C20H25FN2O3S/c1-13-10-14(2)20(15(3)11-13)23(27(5,25)26)12-19(24)22-16(4)17-6-8-18(21)9-7-17/h6-11,16H,12H2,1-5H3,(H,22,24). The summed E-state index contributed by atoms with van der Waals surface area (Å²) in [7, 11) is -3.65. The molecule has 0 aromatic heterocycles. The molecule has 2 rings (SSSR count). The van der Waals surface area contributed by atoms with Crippen LogP contribution in [0.2, 0.25) is 0 Å². The van der Waals surface area contributed by atoms with E-state index in [-0.39, 0.29) is 18.4 Å². The van der Waals surface area contributed by atoms with Gasteiger partial charge in [0.05, 0.1) is 18.0 Å². The molecule has 7 heteroatoms. The fourth-order valence-electron chi connectivity index (χ4n) is 3.18. The number of nitrogens with one attached hydrogen (secondary N) is 1. The van der Waals surface area contributed by atoms with Crippen LogP contribution in [0.25, 0.3) is 0 Å². The molecule has 146 valence electrons. The number of aryl methyl sites for hydroxylation is 3. The van der Waals surface area contributed by atoms with Gasteiger partial charge in [-0.3, -0.25) is 9.10 Å². The zero-order valence-corrected chi connectivity index (χ0v) is 17.0. The zero-order valence-electron chi connectivity index (χ0n) is 16.2. The minimum absolute atomic E-state index is 0.324. The number of hydrogen-bond donors (Lipinski definition) is 1. The van der Waals surface area contributed by atoms with E-state index in [9.17, 15) is 17.6 Å². The van der Waals surface area contributed by atoms with E-state index in [0.29, 0.717) is 5.69 Å². The van der Waals surface area contributed by atoms with Crippen molar-refractivity contribution in [3.63, 3.8) is 0 Å². The molecule has 1 atom stereocenters. The molecular formula is C20H25FN2O3S. The zero-order chi connectivity index (χ0) is 20.4. The predicted molar refractivity (Wildman–Crippen MR) is 106 cm³/mol. The van der Waals surface area contributed by atoms with Crippen molar-refractivity contribution in [2.75, 3.05) is 17.1 Å². The number of anilines is 1. The lowest BCUT2D eigenvalue weighted by Gasteiger charge is -2.26. The van der Waals surface area contributed by atoms with Crippen LogP contribution in [-0.2, 0) is 14.8 Å². The third kappa shape index (κ3) is 5.29. The molecule has 5 nitrogen and oxygen atoms in total. The van der Waals surface area contributed by atoms with Crippen LogP contribution in [0.1, 0.15) is 35.2 Å². The first-order chi connectivity index (χ1) is 12.5. The second-order valence-electron chi connectivity index (χ2n) is 6.86. The topological polar surface area (TPSA) is 66.5 Å². The fourth-order valence-corrected chi connectivity index (χ4v) is 4.15. The van der Waals surface area contributed by atoms with Crippen LogP contribution in [0.3, 0.4) is 0 Å². The predicted octanol–water partition coefficient (Wildman–Crippen LogP) is 3.39. The van der Waals surface area contributed by atoms with Gasteiger partial charge in [-0.2, -0.15) is 0 Å². The third-order valence-corrected chi connectivity index (χ3v) is 5.43. The lowest BCUT2D eigenvalue weighted by atomic mass is 10.1. The van der Waals surface area contributed by atoms with Crippen molar-refractivity contribution in [1.82, 2.24) is 5.32 Å². The minimum atomic E-state index is -3.65. The summed E-state index contributed by atoms with van der Waals surface area (Å²) < 4.78 is 38.9. The van der Waals surface area contributed by atoms with Crippen molar-refractivity contribution in [2.45, 2.75) is 33.7 Å². The molecule has 0 spiro atoms. The Kier molecular flexibility index (Phi) is 6.26. The van der Waals surface area contributed by atoms with Crippen molar-refractivity contribution in [3.05, 3.63) is 64.5 Å². The summed E-state index contributed by atoms with van der Waals surface area (Å²) in [5.74, 6) is -0.789. The molecule has 1 N–H and O–H groups in total. The molecule has 0 saturated carbocycles. The average molecular weight is 392 g/mol. The Hall–Kier alpha value is -2.41. The summed E-state index contributed by atoms with van der Waals surface area (Å²) in [6.45, 7) is 7.03. The first-order valence-corrected chi connectivity index (χ1v) is 10.4. The van der Waals surface area contributed by atoms with E-state index >= 15 is 0 Å². The summed E-state index contributed by atoms with van der Waals surface area (Å²) in [6, 6.07) is 9.21. The van der Waals surface area contributed by atoms with Crippen molar-refractivity contribution < 1.29 is 17.6 Å². The first kappa shape index (κ1) is 20.9. The molecule has 0 saturated heterocycles. The van der Waals surface area contributed by atoms with E-state index in [0.717, 1.165) is 32.8 Å². The van der Waals surface area contributed by atoms with E-state index in [1.54, 1.807) is 19.1 Å². The molecule has 1 amide bonds. The number of sulfonamides is 1. The number of carbonyl (C=O) groups excluding carboxylic acids is 1. The summed E-state index contributed by atoms with van der Waals surface area (Å²) in [4.78, 5) is 12.5. The molecule has 2 aromatic rings. The Labute approximate surface area is 160 Å². The Morgan fingerprint density at radius 1 is 1.11 bits per heavy atom. The highest BCUT2D eigenvalue weighted by Crippen LogP contribution is 2.28. The van der Waals surface area contributed by atoms with Crippen molar-refractivity contribution >= 4 is 21.6 Å². The molecule has 0 aliphatic carbocycles. The Morgan fingerprint density at radius 3 is 2.11 bits per heavy atom. The molecule has 0 aliphatic rings. The van der Waals surface area contributed by atoms with Gasteiger partial charge in [0.2, 0.25) is 15.9 Å². The largest absolute Gasteiger partial charge is 0.348 e. The first-order valence-electron chi connectivity index (χ1n) is 8.59. The van der Waals surface area contributed by atoms with E-state index in [2.05, 4.69) is 5.32 Å². The maximum Gasteiger partial charge on any atom is 0.241 e. The lowest BCUT2D eigenvalue weighted by Crippen LogP contribution is -2.41. The number of halogens is 1. The maximum absolute atomic E-state index is 13.0. The van der Waals surface area contributed by atoms with Gasteiger partial charge in [0.15, 0.2) is 0 Å². The van der Waals surface area contributed by atoms with Gasteiger partial charge in [-0.15, -0.1) is 0 Å². The molecule has 0 radical (unpaired) electrons. The van der Waals surface area contributed by atoms with Gasteiger partial charge in [0, 0.05) is 0 Å². The number of carbonyl (C=O) groups is 1. The van der Waals surface area contributed by atoms with Crippen molar-refractivity contribution in [3.8, 4) is 0 Å². The van der Waals surface area contributed by atoms with Gasteiger partial charge in [-0.25, -0.2) is 12.8 Å². The average Bonchev–Trinajstić information content (AvgIpc) is 2.52. The molecule has 0 bridgehead atoms. The van der Waals surface area contributed by atoms with Crippen LogP contribution >= 0.6 is 0 Å². The SMILES string of the molecule is Cc1cc(C)c(N(CC(=O)NC(C)c2ccc(F)cc2)S(C)(=O)=O)c(C)c1. The number of nitrogens with zero attached hydrogens (tertiary/aromatic N) is 1. The molecule has 1 unspecified atom stereocenters. The number of hydrogen-bond acceptors (Lipinski definition) is 3. The molecule has 27 heavy (non-hydrogen) atoms. The van der Waals surface area contributed by atoms with Crippen LogP contribution in [0, 0.1) is 26.6 Å².